The Balaban J connectivity index is 2.88. The summed E-state index contributed by atoms with van der Waals surface area (Å²) in [5.74, 6) is 0.914. The van der Waals surface area contributed by atoms with E-state index in [0.29, 0.717) is 22.2 Å². The first-order valence-electron chi connectivity index (χ1n) is 6.85. The summed E-state index contributed by atoms with van der Waals surface area (Å²) in [5.41, 5.74) is 1.53. The molecule has 22 heavy (non-hydrogen) atoms. The Hall–Kier alpha value is -1.88. The lowest BCUT2D eigenvalue weighted by molar-refractivity contribution is 0.254. The van der Waals surface area contributed by atoms with Crippen molar-refractivity contribution in [3.8, 4) is 11.5 Å². The number of halogens is 1. The van der Waals surface area contributed by atoms with Crippen LogP contribution in [0.2, 0.25) is 5.02 Å². The van der Waals surface area contributed by atoms with Crippen LogP contribution in [0.3, 0.4) is 0 Å². The lowest BCUT2D eigenvalue weighted by atomic mass is 9.88. The molecule has 2 N–H and O–H groups in total. The van der Waals surface area contributed by atoms with Crippen LogP contribution in [-0.4, -0.2) is 20.3 Å². The summed E-state index contributed by atoms with van der Waals surface area (Å²) in [6, 6.07) is 2.83. The second-order valence-electron chi connectivity index (χ2n) is 5.86. The molecule has 0 aliphatic carbocycles. The van der Waals surface area contributed by atoms with Crippen LogP contribution in [-0.2, 0) is 0 Å². The Labute approximate surface area is 136 Å². The van der Waals surface area contributed by atoms with Crippen molar-refractivity contribution in [3.63, 3.8) is 0 Å². The van der Waals surface area contributed by atoms with Gasteiger partial charge in [-0.05, 0) is 12.3 Å². The van der Waals surface area contributed by atoms with E-state index >= 15 is 0 Å². The molecule has 0 saturated carbocycles. The third-order valence-electron chi connectivity index (χ3n) is 3.32. The molecular formula is C16H23ClN2O3. The minimum atomic E-state index is -0.369. The van der Waals surface area contributed by atoms with Crippen molar-refractivity contribution in [1.82, 2.24) is 5.32 Å². The Kier molecular flexibility index (Phi) is 6.11. The standard InChI is InChI=1S/C16H23ClN2O3/c1-10(16(2,3)4)9-18-15(20)19-12-8-13(21-5)11(17)7-14(12)22-6/h7-9H,1-6H3,(H2,18,19,20)/b10-9+. The molecule has 0 unspecified atom stereocenters. The van der Waals surface area contributed by atoms with Crippen molar-refractivity contribution in [2.45, 2.75) is 27.7 Å². The van der Waals surface area contributed by atoms with E-state index in [9.17, 15) is 4.79 Å². The second-order valence-corrected chi connectivity index (χ2v) is 6.27. The zero-order valence-electron chi connectivity index (χ0n) is 13.8. The van der Waals surface area contributed by atoms with Crippen molar-refractivity contribution >= 4 is 23.3 Å². The number of rotatable bonds is 4. The van der Waals surface area contributed by atoms with Gasteiger partial charge in [-0.3, -0.25) is 0 Å². The highest BCUT2D eigenvalue weighted by Gasteiger charge is 2.14. The maximum Gasteiger partial charge on any atom is 0.323 e. The Bertz CT molecular complexity index is 577. The van der Waals surface area contributed by atoms with Gasteiger partial charge in [-0.15, -0.1) is 0 Å². The first-order chi connectivity index (χ1) is 10.2. The molecule has 1 rings (SSSR count). The summed E-state index contributed by atoms with van der Waals surface area (Å²) in [7, 11) is 3.01. The highest BCUT2D eigenvalue weighted by molar-refractivity contribution is 6.32. The molecule has 2 amide bonds. The van der Waals surface area contributed by atoms with E-state index in [1.807, 2.05) is 6.92 Å². The van der Waals surface area contributed by atoms with Gasteiger partial charge in [0.25, 0.3) is 0 Å². The van der Waals surface area contributed by atoms with Crippen molar-refractivity contribution in [1.29, 1.82) is 0 Å². The molecule has 0 radical (unpaired) electrons. The van der Waals surface area contributed by atoms with Gasteiger partial charge < -0.3 is 20.1 Å². The highest BCUT2D eigenvalue weighted by atomic mass is 35.5. The van der Waals surface area contributed by atoms with Gasteiger partial charge in [0, 0.05) is 18.3 Å². The van der Waals surface area contributed by atoms with Gasteiger partial charge >= 0.3 is 6.03 Å². The van der Waals surface area contributed by atoms with E-state index in [1.165, 1.54) is 14.2 Å². The lowest BCUT2D eigenvalue weighted by Gasteiger charge is -2.19. The van der Waals surface area contributed by atoms with Crippen LogP contribution in [0.4, 0.5) is 10.5 Å². The summed E-state index contributed by atoms with van der Waals surface area (Å²) >= 11 is 6.03. The number of methoxy groups -OCH3 is 2. The molecule has 0 saturated heterocycles. The molecule has 5 nitrogen and oxygen atoms in total. The predicted octanol–water partition coefficient (Wildman–Crippen LogP) is 4.43. The number of nitrogens with one attached hydrogen (secondary N) is 2. The number of ether oxygens (including phenoxy) is 2. The number of anilines is 1. The largest absolute Gasteiger partial charge is 0.495 e. The quantitative estimate of drug-likeness (QED) is 0.860. The van der Waals surface area contributed by atoms with Crippen molar-refractivity contribution in [2.75, 3.05) is 19.5 Å². The molecule has 1 aromatic rings. The molecule has 0 fully saturated rings. The molecule has 1 aromatic carbocycles. The van der Waals surface area contributed by atoms with Crippen LogP contribution in [0.5, 0.6) is 11.5 Å². The number of allylic oxidation sites excluding steroid dienone is 1. The first-order valence-corrected chi connectivity index (χ1v) is 7.23. The van der Waals surface area contributed by atoms with E-state index in [2.05, 4.69) is 31.4 Å². The third kappa shape index (κ3) is 4.84. The number of urea groups is 1. The zero-order chi connectivity index (χ0) is 16.9. The van der Waals surface area contributed by atoms with Crippen LogP contribution in [0, 0.1) is 5.41 Å². The number of hydrogen-bond donors (Lipinski definition) is 2. The molecule has 122 valence electrons. The molecule has 6 heteroatoms. The fourth-order valence-corrected chi connectivity index (χ4v) is 1.74. The molecule has 0 heterocycles. The molecule has 0 atom stereocenters. The van der Waals surface area contributed by atoms with Gasteiger partial charge in [-0.1, -0.05) is 37.9 Å². The fraction of sp³-hybridized carbons (Fsp3) is 0.438. The Morgan fingerprint density at radius 1 is 1.18 bits per heavy atom. The summed E-state index contributed by atoms with van der Waals surface area (Å²) in [5, 5.41) is 5.82. The number of amides is 2. The van der Waals surface area contributed by atoms with Gasteiger partial charge in [0.15, 0.2) is 0 Å². The normalized spacial score (nSPS) is 11.9. The van der Waals surface area contributed by atoms with Crippen molar-refractivity contribution in [3.05, 3.63) is 28.9 Å². The summed E-state index contributed by atoms with van der Waals surface area (Å²) < 4.78 is 10.3. The van der Waals surface area contributed by atoms with E-state index in [0.717, 1.165) is 5.57 Å². The Morgan fingerprint density at radius 2 is 1.77 bits per heavy atom. The van der Waals surface area contributed by atoms with Crippen molar-refractivity contribution < 1.29 is 14.3 Å². The summed E-state index contributed by atoms with van der Waals surface area (Å²) in [6.07, 6.45) is 1.69. The number of carbonyl (C=O) groups excluding carboxylic acids is 1. The summed E-state index contributed by atoms with van der Waals surface area (Å²) in [6.45, 7) is 8.19. The minimum Gasteiger partial charge on any atom is -0.495 e. The lowest BCUT2D eigenvalue weighted by Crippen LogP contribution is -2.25. The first kappa shape index (κ1) is 18.2. The molecule has 0 aliphatic rings. The van der Waals surface area contributed by atoms with E-state index < -0.39 is 0 Å². The van der Waals surface area contributed by atoms with Gasteiger partial charge in [-0.2, -0.15) is 0 Å². The van der Waals surface area contributed by atoms with Crippen molar-refractivity contribution in [2.24, 2.45) is 5.41 Å². The average Bonchev–Trinajstić information content (AvgIpc) is 2.44. The van der Waals surface area contributed by atoms with E-state index in [1.54, 1.807) is 18.3 Å². The molecular weight excluding hydrogens is 304 g/mol. The van der Waals surface area contributed by atoms with Gasteiger partial charge in [-0.25, -0.2) is 4.79 Å². The maximum atomic E-state index is 12.0. The third-order valence-corrected chi connectivity index (χ3v) is 3.62. The topological polar surface area (TPSA) is 59.6 Å². The van der Waals surface area contributed by atoms with Crippen LogP contribution in [0.15, 0.2) is 23.9 Å². The van der Waals surface area contributed by atoms with Gasteiger partial charge in [0.05, 0.1) is 24.9 Å². The molecule has 0 spiro atoms. The van der Waals surface area contributed by atoms with Crippen LogP contribution in [0.25, 0.3) is 0 Å². The second kappa shape index (κ2) is 7.40. The van der Waals surface area contributed by atoms with Crippen LogP contribution in [0.1, 0.15) is 27.7 Å². The smallest absolute Gasteiger partial charge is 0.323 e. The number of carbonyl (C=O) groups is 1. The molecule has 0 aromatic heterocycles. The highest BCUT2D eigenvalue weighted by Crippen LogP contribution is 2.35. The maximum absolute atomic E-state index is 12.0. The number of benzene rings is 1. The fourth-order valence-electron chi connectivity index (χ4n) is 1.51. The van der Waals surface area contributed by atoms with Crippen LogP contribution < -0.4 is 20.1 Å². The SMILES string of the molecule is COc1cc(NC(=O)N/C=C(\C)C(C)(C)C)c(OC)cc1Cl. The van der Waals surface area contributed by atoms with E-state index in [4.69, 9.17) is 21.1 Å². The zero-order valence-corrected chi connectivity index (χ0v) is 14.6. The Morgan fingerprint density at radius 3 is 2.27 bits per heavy atom. The minimum absolute atomic E-state index is 0.00549. The van der Waals surface area contributed by atoms with Gasteiger partial charge in [0.2, 0.25) is 0 Å². The summed E-state index contributed by atoms with van der Waals surface area (Å²) in [4.78, 5) is 12.0. The molecule has 0 bridgehead atoms. The monoisotopic (exact) mass is 326 g/mol. The predicted molar refractivity (Wildman–Crippen MR) is 89.9 cm³/mol. The molecule has 0 aliphatic heterocycles. The number of hydrogen-bond acceptors (Lipinski definition) is 3. The van der Waals surface area contributed by atoms with Gasteiger partial charge in [0.1, 0.15) is 11.5 Å². The average molecular weight is 327 g/mol. The van der Waals surface area contributed by atoms with Crippen LogP contribution >= 0.6 is 11.6 Å². The van der Waals surface area contributed by atoms with E-state index in [-0.39, 0.29) is 11.4 Å².